The molecule has 4 heteroatoms. The van der Waals surface area contributed by atoms with Gasteiger partial charge in [-0.25, -0.2) is 9.67 Å². The summed E-state index contributed by atoms with van der Waals surface area (Å²) in [5.74, 6) is 1.28. The van der Waals surface area contributed by atoms with Crippen LogP contribution in [0.2, 0.25) is 0 Å². The van der Waals surface area contributed by atoms with E-state index in [1.54, 1.807) is 6.33 Å². The fraction of sp³-hybridized carbons (Fsp3) is 0.750. The second-order valence-corrected chi connectivity index (χ2v) is 3.20. The fourth-order valence-electron chi connectivity index (χ4n) is 1.07. The number of hydrogen-bond acceptors (Lipinski definition) is 3. The average molecular weight is 168 g/mol. The van der Waals surface area contributed by atoms with Crippen molar-refractivity contribution in [2.75, 3.05) is 0 Å². The van der Waals surface area contributed by atoms with Crippen LogP contribution in [0.25, 0.3) is 0 Å². The summed E-state index contributed by atoms with van der Waals surface area (Å²) in [6.45, 7) is 7.03. The van der Waals surface area contributed by atoms with E-state index in [0.717, 1.165) is 12.4 Å². The number of rotatable bonds is 3. The Morgan fingerprint density at radius 3 is 2.75 bits per heavy atom. The Morgan fingerprint density at radius 2 is 2.25 bits per heavy atom. The molecule has 1 aromatic heterocycles. The van der Waals surface area contributed by atoms with Crippen molar-refractivity contribution in [1.82, 2.24) is 14.8 Å². The van der Waals surface area contributed by atoms with E-state index < -0.39 is 0 Å². The number of nitrogens with zero attached hydrogens (tertiary/aromatic N) is 3. The molecule has 1 unspecified atom stereocenters. The highest BCUT2D eigenvalue weighted by atomic mass is 15.3. The first-order chi connectivity index (χ1) is 5.66. The number of aryl methyl sites for hydroxylation is 1. The van der Waals surface area contributed by atoms with Crippen molar-refractivity contribution < 1.29 is 0 Å². The maximum Gasteiger partial charge on any atom is 0.143 e. The van der Waals surface area contributed by atoms with Crippen molar-refractivity contribution in [1.29, 1.82) is 0 Å². The summed E-state index contributed by atoms with van der Waals surface area (Å²) in [5.41, 5.74) is 5.94. The van der Waals surface area contributed by atoms with Crippen LogP contribution in [0, 0.1) is 5.92 Å². The summed E-state index contributed by atoms with van der Waals surface area (Å²) in [6.07, 6.45) is 1.56. The third kappa shape index (κ3) is 1.64. The Balaban J connectivity index is 2.86. The standard InChI is InChI=1S/C8H16N4/c1-4-12-8(10-5-11-12)7(9)6(2)3/h5-7H,4,9H2,1-3H3. The van der Waals surface area contributed by atoms with E-state index in [9.17, 15) is 0 Å². The summed E-state index contributed by atoms with van der Waals surface area (Å²) in [7, 11) is 0. The van der Waals surface area contributed by atoms with Crippen LogP contribution in [-0.4, -0.2) is 14.8 Å². The topological polar surface area (TPSA) is 56.7 Å². The van der Waals surface area contributed by atoms with E-state index in [1.165, 1.54) is 0 Å². The zero-order chi connectivity index (χ0) is 9.14. The molecule has 1 aromatic rings. The lowest BCUT2D eigenvalue weighted by atomic mass is 10.1. The van der Waals surface area contributed by atoms with Gasteiger partial charge < -0.3 is 5.73 Å². The van der Waals surface area contributed by atoms with Crippen LogP contribution >= 0.6 is 0 Å². The first kappa shape index (κ1) is 9.19. The lowest BCUT2D eigenvalue weighted by Crippen LogP contribution is -2.21. The molecule has 2 N–H and O–H groups in total. The summed E-state index contributed by atoms with van der Waals surface area (Å²) < 4.78 is 1.84. The molecule has 0 spiro atoms. The van der Waals surface area contributed by atoms with Crippen LogP contribution in [0.3, 0.4) is 0 Å². The maximum atomic E-state index is 5.94. The third-order valence-electron chi connectivity index (χ3n) is 1.96. The molecule has 0 amide bonds. The molecule has 0 aliphatic heterocycles. The molecule has 1 atom stereocenters. The smallest absolute Gasteiger partial charge is 0.143 e. The van der Waals surface area contributed by atoms with Gasteiger partial charge in [0, 0.05) is 6.54 Å². The van der Waals surface area contributed by atoms with Gasteiger partial charge in [-0.15, -0.1) is 0 Å². The van der Waals surface area contributed by atoms with Crippen molar-refractivity contribution >= 4 is 0 Å². The van der Waals surface area contributed by atoms with Gasteiger partial charge in [0.1, 0.15) is 12.2 Å². The van der Waals surface area contributed by atoms with Gasteiger partial charge >= 0.3 is 0 Å². The Bertz CT molecular complexity index is 241. The Hall–Kier alpha value is -0.900. The zero-order valence-corrected chi connectivity index (χ0v) is 7.86. The Kier molecular flexibility index (Phi) is 2.81. The van der Waals surface area contributed by atoms with Crippen molar-refractivity contribution in [3.63, 3.8) is 0 Å². The predicted molar refractivity (Wildman–Crippen MR) is 47.5 cm³/mol. The minimum Gasteiger partial charge on any atom is -0.321 e. The summed E-state index contributed by atoms with van der Waals surface area (Å²) in [4.78, 5) is 4.14. The predicted octanol–water partition coefficient (Wildman–Crippen LogP) is 0.954. The largest absolute Gasteiger partial charge is 0.321 e. The van der Waals surface area contributed by atoms with Gasteiger partial charge in [0.05, 0.1) is 6.04 Å². The van der Waals surface area contributed by atoms with Crippen LogP contribution in [0.15, 0.2) is 6.33 Å². The summed E-state index contributed by atoms with van der Waals surface area (Å²) >= 11 is 0. The van der Waals surface area contributed by atoms with Crippen molar-refractivity contribution in [2.45, 2.75) is 33.4 Å². The monoisotopic (exact) mass is 168 g/mol. The number of aromatic nitrogens is 3. The third-order valence-corrected chi connectivity index (χ3v) is 1.96. The van der Waals surface area contributed by atoms with Crippen LogP contribution in [-0.2, 0) is 6.54 Å². The molecule has 0 aromatic carbocycles. The molecule has 4 nitrogen and oxygen atoms in total. The molecule has 0 aliphatic carbocycles. The van der Waals surface area contributed by atoms with Crippen LogP contribution < -0.4 is 5.73 Å². The second-order valence-electron chi connectivity index (χ2n) is 3.20. The molecule has 1 rings (SSSR count). The summed E-state index contributed by atoms with van der Waals surface area (Å²) in [5, 5.41) is 4.06. The van der Waals surface area contributed by atoms with E-state index in [0.29, 0.717) is 5.92 Å². The lowest BCUT2D eigenvalue weighted by Gasteiger charge is -2.14. The second kappa shape index (κ2) is 3.67. The first-order valence-electron chi connectivity index (χ1n) is 4.30. The van der Waals surface area contributed by atoms with Gasteiger partial charge in [0.25, 0.3) is 0 Å². The maximum absolute atomic E-state index is 5.94. The SMILES string of the molecule is CCn1ncnc1C(N)C(C)C. The van der Waals surface area contributed by atoms with Gasteiger partial charge in [-0.3, -0.25) is 0 Å². The zero-order valence-electron chi connectivity index (χ0n) is 7.86. The number of nitrogens with two attached hydrogens (primary N) is 1. The normalized spacial score (nSPS) is 13.8. The summed E-state index contributed by atoms with van der Waals surface area (Å²) in [6, 6.07) is -0.00699. The fourth-order valence-corrected chi connectivity index (χ4v) is 1.07. The van der Waals surface area contributed by atoms with Crippen molar-refractivity contribution in [3.8, 4) is 0 Å². The molecular weight excluding hydrogens is 152 g/mol. The van der Waals surface area contributed by atoms with Gasteiger partial charge in [-0.05, 0) is 12.8 Å². The van der Waals surface area contributed by atoms with E-state index in [1.807, 2.05) is 11.6 Å². The highest BCUT2D eigenvalue weighted by Crippen LogP contribution is 2.15. The first-order valence-corrected chi connectivity index (χ1v) is 4.30. The Morgan fingerprint density at radius 1 is 1.58 bits per heavy atom. The van der Waals surface area contributed by atoms with Gasteiger partial charge in [0.2, 0.25) is 0 Å². The van der Waals surface area contributed by atoms with Crippen LogP contribution in [0.4, 0.5) is 0 Å². The van der Waals surface area contributed by atoms with E-state index in [-0.39, 0.29) is 6.04 Å². The molecule has 0 radical (unpaired) electrons. The van der Waals surface area contributed by atoms with Gasteiger partial charge in [0.15, 0.2) is 0 Å². The van der Waals surface area contributed by atoms with E-state index in [4.69, 9.17) is 5.73 Å². The molecule has 0 fully saturated rings. The van der Waals surface area contributed by atoms with Crippen LogP contribution in [0.5, 0.6) is 0 Å². The van der Waals surface area contributed by atoms with E-state index in [2.05, 4.69) is 23.9 Å². The molecule has 68 valence electrons. The minimum absolute atomic E-state index is 0.00699. The quantitative estimate of drug-likeness (QED) is 0.731. The molecule has 1 heterocycles. The molecule has 0 saturated carbocycles. The molecule has 0 saturated heterocycles. The van der Waals surface area contributed by atoms with Crippen molar-refractivity contribution in [2.24, 2.45) is 11.7 Å². The van der Waals surface area contributed by atoms with Crippen LogP contribution in [0.1, 0.15) is 32.6 Å². The van der Waals surface area contributed by atoms with E-state index >= 15 is 0 Å². The minimum atomic E-state index is -0.00699. The highest BCUT2D eigenvalue weighted by molar-refractivity contribution is 4.93. The average Bonchev–Trinajstić information content (AvgIpc) is 2.49. The molecular formula is C8H16N4. The molecule has 0 aliphatic rings. The van der Waals surface area contributed by atoms with Gasteiger partial charge in [-0.2, -0.15) is 5.10 Å². The lowest BCUT2D eigenvalue weighted by molar-refractivity contribution is 0.456. The highest BCUT2D eigenvalue weighted by Gasteiger charge is 2.15. The molecule has 12 heavy (non-hydrogen) atoms. The number of hydrogen-bond donors (Lipinski definition) is 1. The Labute approximate surface area is 72.8 Å². The molecule has 0 bridgehead atoms. The van der Waals surface area contributed by atoms with Crippen molar-refractivity contribution in [3.05, 3.63) is 12.2 Å². The van der Waals surface area contributed by atoms with Gasteiger partial charge in [-0.1, -0.05) is 13.8 Å².